The molecule has 136 valence electrons. The van der Waals surface area contributed by atoms with Gasteiger partial charge in [-0.2, -0.15) is 0 Å². The Hall–Kier alpha value is -2.27. The minimum absolute atomic E-state index is 0.0287. The van der Waals surface area contributed by atoms with Gasteiger partial charge in [0.05, 0.1) is 19.1 Å². The maximum atomic E-state index is 12.7. The van der Waals surface area contributed by atoms with Crippen LogP contribution >= 0.6 is 15.9 Å². The van der Waals surface area contributed by atoms with E-state index in [0.29, 0.717) is 34.6 Å². The van der Waals surface area contributed by atoms with Gasteiger partial charge in [-0.25, -0.2) is 0 Å². The first-order valence-electron chi connectivity index (χ1n) is 8.54. The number of benzene rings is 2. The molecule has 0 saturated heterocycles. The monoisotopic (exact) mass is 416 g/mol. The van der Waals surface area contributed by atoms with Crippen LogP contribution in [-0.4, -0.2) is 19.0 Å². The van der Waals surface area contributed by atoms with Gasteiger partial charge in [-0.15, -0.1) is 0 Å². The van der Waals surface area contributed by atoms with E-state index in [1.165, 1.54) is 0 Å². The number of ether oxygens (including phenoxy) is 2. The first kappa shape index (κ1) is 18.5. The van der Waals surface area contributed by atoms with E-state index in [9.17, 15) is 4.79 Å². The lowest BCUT2D eigenvalue weighted by atomic mass is 10.1. The Labute approximate surface area is 160 Å². The summed E-state index contributed by atoms with van der Waals surface area (Å²) in [4.78, 5) is 12.7. The summed E-state index contributed by atoms with van der Waals surface area (Å²) in [6, 6.07) is 12.9. The fourth-order valence-electron chi connectivity index (χ4n) is 2.76. The molecule has 0 saturated carbocycles. The van der Waals surface area contributed by atoms with Gasteiger partial charge in [0.25, 0.3) is 0 Å². The van der Waals surface area contributed by atoms with Gasteiger partial charge in [-0.05, 0) is 56.2 Å². The number of rotatable bonds is 7. The predicted molar refractivity (Wildman–Crippen MR) is 108 cm³/mol. The van der Waals surface area contributed by atoms with E-state index >= 15 is 0 Å². The van der Waals surface area contributed by atoms with Crippen LogP contribution in [0.25, 0.3) is 22.3 Å². The Morgan fingerprint density at radius 2 is 1.77 bits per heavy atom. The maximum Gasteiger partial charge on any atom is 0.196 e. The van der Waals surface area contributed by atoms with Crippen molar-refractivity contribution in [2.75, 3.05) is 19.0 Å². The van der Waals surface area contributed by atoms with Crippen LogP contribution in [0.1, 0.15) is 18.4 Å². The number of fused-ring (bicyclic) bond motifs is 1. The second kappa shape index (κ2) is 8.41. The second-order valence-electron chi connectivity index (χ2n) is 6.02. The highest BCUT2D eigenvalue weighted by Gasteiger charge is 2.13. The zero-order chi connectivity index (χ0) is 18.5. The Morgan fingerprint density at radius 3 is 2.46 bits per heavy atom. The van der Waals surface area contributed by atoms with E-state index in [4.69, 9.17) is 13.9 Å². The first-order valence-corrected chi connectivity index (χ1v) is 9.67. The van der Waals surface area contributed by atoms with Gasteiger partial charge >= 0.3 is 0 Å². The van der Waals surface area contributed by atoms with Gasteiger partial charge in [-0.1, -0.05) is 15.9 Å². The standard InChI is InChI=1S/C21H21BrO4/c1-14-20(23)18-10-9-17(24-2)13-19(18)26-21(14)15-5-7-16(8-6-15)25-12-4-3-11-22/h5-10,13H,3-4,11-12H2,1-2H3. The van der Waals surface area contributed by atoms with Crippen molar-refractivity contribution in [2.24, 2.45) is 0 Å². The van der Waals surface area contributed by atoms with Crippen LogP contribution in [0.2, 0.25) is 0 Å². The summed E-state index contributed by atoms with van der Waals surface area (Å²) in [5.41, 5.74) is 1.93. The topological polar surface area (TPSA) is 48.7 Å². The van der Waals surface area contributed by atoms with Crippen molar-refractivity contribution >= 4 is 26.9 Å². The van der Waals surface area contributed by atoms with Gasteiger partial charge in [0.2, 0.25) is 0 Å². The quantitative estimate of drug-likeness (QED) is 0.385. The molecule has 0 radical (unpaired) electrons. The maximum absolute atomic E-state index is 12.7. The van der Waals surface area contributed by atoms with Gasteiger partial charge in [-0.3, -0.25) is 4.79 Å². The summed E-state index contributed by atoms with van der Waals surface area (Å²) >= 11 is 3.41. The van der Waals surface area contributed by atoms with Crippen molar-refractivity contribution < 1.29 is 13.9 Å². The molecule has 1 aromatic heterocycles. The number of hydrogen-bond donors (Lipinski definition) is 0. The molecule has 5 heteroatoms. The van der Waals surface area contributed by atoms with Gasteiger partial charge in [0.1, 0.15) is 22.8 Å². The summed E-state index contributed by atoms with van der Waals surface area (Å²) in [6.45, 7) is 2.48. The van der Waals surface area contributed by atoms with Gasteiger partial charge in [0, 0.05) is 22.5 Å². The fourth-order valence-corrected chi connectivity index (χ4v) is 3.15. The third-order valence-electron chi connectivity index (χ3n) is 4.24. The molecule has 0 bridgehead atoms. The SMILES string of the molecule is COc1ccc2c(=O)c(C)c(-c3ccc(OCCCCBr)cc3)oc2c1. The van der Waals surface area contributed by atoms with Crippen LogP contribution in [0.3, 0.4) is 0 Å². The van der Waals surface area contributed by atoms with Crippen LogP contribution in [0.15, 0.2) is 51.7 Å². The smallest absolute Gasteiger partial charge is 0.196 e. The Balaban J connectivity index is 1.92. The molecule has 3 aromatic rings. The molecule has 26 heavy (non-hydrogen) atoms. The highest BCUT2D eigenvalue weighted by molar-refractivity contribution is 9.09. The summed E-state index contributed by atoms with van der Waals surface area (Å²) < 4.78 is 17.0. The third-order valence-corrected chi connectivity index (χ3v) is 4.80. The van der Waals surface area contributed by atoms with Gasteiger partial charge < -0.3 is 13.9 Å². The normalized spacial score (nSPS) is 10.9. The van der Waals surface area contributed by atoms with Gasteiger partial charge in [0.15, 0.2) is 5.43 Å². The molecule has 0 unspecified atom stereocenters. The Kier molecular flexibility index (Phi) is 5.99. The predicted octanol–water partition coefficient (Wildman–Crippen LogP) is 5.33. The molecule has 0 aliphatic carbocycles. The van der Waals surface area contributed by atoms with E-state index in [0.717, 1.165) is 29.5 Å². The molecule has 3 rings (SSSR count). The number of unbranched alkanes of at least 4 members (excludes halogenated alkanes) is 1. The van der Waals surface area contributed by atoms with E-state index in [-0.39, 0.29) is 5.43 Å². The molecule has 0 fully saturated rings. The summed E-state index contributed by atoms with van der Waals surface area (Å²) in [5.74, 6) is 2.04. The highest BCUT2D eigenvalue weighted by atomic mass is 79.9. The van der Waals surface area contributed by atoms with Crippen molar-refractivity contribution in [3.8, 4) is 22.8 Å². The van der Waals surface area contributed by atoms with Crippen molar-refractivity contribution in [3.63, 3.8) is 0 Å². The van der Waals surface area contributed by atoms with Crippen LogP contribution < -0.4 is 14.9 Å². The summed E-state index contributed by atoms with van der Waals surface area (Å²) in [6.07, 6.45) is 2.09. The minimum Gasteiger partial charge on any atom is -0.497 e. The Morgan fingerprint density at radius 1 is 1.04 bits per heavy atom. The molecular formula is C21H21BrO4. The zero-order valence-corrected chi connectivity index (χ0v) is 16.5. The number of halogens is 1. The molecule has 0 aliphatic heterocycles. The third kappa shape index (κ3) is 3.93. The molecule has 0 spiro atoms. The van der Waals surface area contributed by atoms with Crippen molar-refractivity contribution in [1.82, 2.24) is 0 Å². The lowest BCUT2D eigenvalue weighted by molar-refractivity contribution is 0.310. The highest BCUT2D eigenvalue weighted by Crippen LogP contribution is 2.28. The summed E-state index contributed by atoms with van der Waals surface area (Å²) in [5, 5.41) is 1.54. The largest absolute Gasteiger partial charge is 0.497 e. The van der Waals surface area contributed by atoms with Crippen LogP contribution in [0.5, 0.6) is 11.5 Å². The molecule has 0 N–H and O–H groups in total. The Bertz CT molecular complexity index is 945. The van der Waals surface area contributed by atoms with E-state index in [2.05, 4.69) is 15.9 Å². The lowest BCUT2D eigenvalue weighted by Crippen LogP contribution is -2.07. The van der Waals surface area contributed by atoms with Crippen LogP contribution in [0, 0.1) is 6.92 Å². The number of methoxy groups -OCH3 is 1. The van der Waals surface area contributed by atoms with E-state index in [1.807, 2.05) is 24.3 Å². The second-order valence-corrected chi connectivity index (χ2v) is 6.81. The molecule has 4 nitrogen and oxygen atoms in total. The summed E-state index contributed by atoms with van der Waals surface area (Å²) in [7, 11) is 1.59. The zero-order valence-electron chi connectivity index (χ0n) is 14.9. The van der Waals surface area contributed by atoms with Crippen molar-refractivity contribution in [2.45, 2.75) is 19.8 Å². The minimum atomic E-state index is -0.0287. The van der Waals surface area contributed by atoms with E-state index in [1.54, 1.807) is 32.2 Å². The van der Waals surface area contributed by atoms with Crippen LogP contribution in [0.4, 0.5) is 0 Å². The molecule has 2 aromatic carbocycles. The number of alkyl halides is 1. The average Bonchev–Trinajstić information content (AvgIpc) is 2.68. The molecular weight excluding hydrogens is 396 g/mol. The first-order chi connectivity index (χ1) is 12.6. The van der Waals surface area contributed by atoms with E-state index < -0.39 is 0 Å². The number of hydrogen-bond acceptors (Lipinski definition) is 4. The fraction of sp³-hybridized carbons (Fsp3) is 0.286. The van der Waals surface area contributed by atoms with Crippen LogP contribution in [-0.2, 0) is 0 Å². The molecule has 0 atom stereocenters. The molecule has 1 heterocycles. The average molecular weight is 417 g/mol. The van der Waals surface area contributed by atoms with Crippen molar-refractivity contribution in [3.05, 3.63) is 58.3 Å². The van der Waals surface area contributed by atoms with Crippen molar-refractivity contribution in [1.29, 1.82) is 0 Å². The molecule has 0 aliphatic rings. The molecule has 0 amide bonds. The lowest BCUT2D eigenvalue weighted by Gasteiger charge is -2.10.